The first-order chi connectivity index (χ1) is 9.93. The van der Waals surface area contributed by atoms with Crippen molar-refractivity contribution < 1.29 is 14.4 Å². The van der Waals surface area contributed by atoms with Gasteiger partial charge in [-0.25, -0.2) is 8.84 Å². The number of carbonyl (C=O) groups is 3. The maximum Gasteiger partial charge on any atom is 0.265 e. The molecule has 0 N–H and O–H groups in total. The van der Waals surface area contributed by atoms with E-state index in [9.17, 15) is 14.4 Å². The molecule has 0 saturated heterocycles. The third-order valence-corrected chi connectivity index (χ3v) is 4.67. The molecule has 0 aromatic carbocycles. The lowest BCUT2D eigenvalue weighted by Crippen LogP contribution is -2.57. The number of halogens is 3. The minimum atomic E-state index is -1.33. The maximum atomic E-state index is 12.3. The minimum absolute atomic E-state index is 0.0782. The van der Waals surface area contributed by atoms with E-state index in [2.05, 4.69) is 0 Å². The second kappa shape index (κ2) is 8.34. The fourth-order valence-corrected chi connectivity index (χ4v) is 2.61. The summed E-state index contributed by atoms with van der Waals surface area (Å²) in [7, 11) is 1.47. The highest BCUT2D eigenvalue weighted by molar-refractivity contribution is 6.29. The Kier molecular flexibility index (Phi) is 8.12. The van der Waals surface area contributed by atoms with Crippen LogP contribution in [0.25, 0.3) is 0 Å². The van der Waals surface area contributed by atoms with Crippen molar-refractivity contribution in [3.63, 3.8) is 0 Å². The summed E-state index contributed by atoms with van der Waals surface area (Å²) in [5.41, 5.74) is -2.21. The van der Waals surface area contributed by atoms with Gasteiger partial charge in [0.15, 0.2) is 0 Å². The van der Waals surface area contributed by atoms with Crippen LogP contribution in [0.1, 0.15) is 47.0 Å². The van der Waals surface area contributed by atoms with Gasteiger partial charge in [-0.05, 0) is 45.4 Å². The fraction of sp³-hybridized carbons (Fsp3) is 0.769. The Morgan fingerprint density at radius 2 is 1.64 bits per heavy atom. The lowest BCUT2D eigenvalue weighted by Gasteiger charge is -2.42. The third-order valence-electron chi connectivity index (χ3n) is 3.42. The number of carbonyl (C=O) groups excluding carboxylic acids is 3. The average molecular weight is 375 g/mol. The van der Waals surface area contributed by atoms with Crippen LogP contribution >= 0.6 is 35.3 Å². The molecule has 0 heterocycles. The standard InChI is InChI=1S/C13H22Cl3N3O3/c1-6-7-10(21)19(16)12(2,3)8-13(4,17(5)14)11(22)18(15)9-20/h9H,6-8H2,1-5H3. The monoisotopic (exact) mass is 373 g/mol. The molecule has 0 aromatic rings. The molecule has 0 aliphatic heterocycles. The Balaban J connectivity index is 5.44. The molecule has 128 valence electrons. The van der Waals surface area contributed by atoms with E-state index in [1.54, 1.807) is 13.8 Å². The summed E-state index contributed by atoms with van der Waals surface area (Å²) in [6.45, 7) is 6.81. The quantitative estimate of drug-likeness (QED) is 0.484. The Morgan fingerprint density at radius 1 is 1.14 bits per heavy atom. The number of nitrogens with zero attached hydrogens (tertiary/aromatic N) is 3. The van der Waals surface area contributed by atoms with E-state index in [-0.39, 0.29) is 18.7 Å². The van der Waals surface area contributed by atoms with Crippen LogP contribution in [-0.2, 0) is 14.4 Å². The van der Waals surface area contributed by atoms with E-state index in [1.165, 1.54) is 14.0 Å². The molecular formula is C13H22Cl3N3O3. The predicted molar refractivity (Wildman–Crippen MR) is 87.1 cm³/mol. The first-order valence-electron chi connectivity index (χ1n) is 6.77. The largest absolute Gasteiger partial charge is 0.277 e. The van der Waals surface area contributed by atoms with E-state index in [4.69, 9.17) is 35.3 Å². The molecule has 0 bridgehead atoms. The average Bonchev–Trinajstić information content (AvgIpc) is 2.44. The zero-order valence-electron chi connectivity index (χ0n) is 13.4. The number of amides is 3. The van der Waals surface area contributed by atoms with E-state index in [0.717, 1.165) is 8.84 Å². The van der Waals surface area contributed by atoms with Crippen LogP contribution in [-0.4, -0.2) is 49.6 Å². The van der Waals surface area contributed by atoms with Gasteiger partial charge in [-0.3, -0.25) is 14.4 Å². The summed E-state index contributed by atoms with van der Waals surface area (Å²) >= 11 is 17.7. The molecule has 0 fully saturated rings. The summed E-state index contributed by atoms with van der Waals surface area (Å²) in [6, 6.07) is 0. The molecule has 0 saturated carbocycles. The van der Waals surface area contributed by atoms with Gasteiger partial charge in [0.05, 0.1) is 5.54 Å². The van der Waals surface area contributed by atoms with Crippen LogP contribution in [0.4, 0.5) is 0 Å². The predicted octanol–water partition coefficient (Wildman–Crippen LogP) is 2.92. The van der Waals surface area contributed by atoms with Gasteiger partial charge in [0.25, 0.3) is 5.91 Å². The van der Waals surface area contributed by atoms with Crippen LogP contribution in [0.3, 0.4) is 0 Å². The van der Waals surface area contributed by atoms with Crippen molar-refractivity contribution >= 4 is 53.6 Å². The van der Waals surface area contributed by atoms with Gasteiger partial charge in [0, 0.05) is 37.0 Å². The van der Waals surface area contributed by atoms with Crippen LogP contribution in [0.15, 0.2) is 0 Å². The van der Waals surface area contributed by atoms with E-state index in [0.29, 0.717) is 17.3 Å². The van der Waals surface area contributed by atoms with Gasteiger partial charge in [0.1, 0.15) is 5.54 Å². The van der Waals surface area contributed by atoms with Gasteiger partial charge < -0.3 is 0 Å². The zero-order valence-corrected chi connectivity index (χ0v) is 15.7. The number of likely N-dealkylation sites (N-methyl/N-ethyl adjacent to an activating group) is 1. The van der Waals surface area contributed by atoms with E-state index >= 15 is 0 Å². The lowest BCUT2D eigenvalue weighted by atomic mass is 9.84. The van der Waals surface area contributed by atoms with Crippen molar-refractivity contribution in [1.29, 1.82) is 0 Å². The van der Waals surface area contributed by atoms with E-state index < -0.39 is 17.0 Å². The summed E-state index contributed by atoms with van der Waals surface area (Å²) in [5, 5.41) is 0. The van der Waals surface area contributed by atoms with Crippen molar-refractivity contribution in [1.82, 2.24) is 13.3 Å². The molecule has 1 unspecified atom stereocenters. The molecule has 9 heteroatoms. The van der Waals surface area contributed by atoms with Crippen molar-refractivity contribution in [3.05, 3.63) is 0 Å². The molecule has 1 atom stereocenters. The van der Waals surface area contributed by atoms with Gasteiger partial charge in [-0.1, -0.05) is 6.92 Å². The molecule has 0 aliphatic carbocycles. The number of rotatable bonds is 8. The fourth-order valence-electron chi connectivity index (χ4n) is 2.16. The Bertz CT molecular complexity index is 432. The molecule has 0 aliphatic rings. The second-order valence-electron chi connectivity index (χ2n) is 5.89. The summed E-state index contributed by atoms with van der Waals surface area (Å²) < 4.78 is 2.61. The van der Waals surface area contributed by atoms with Crippen LogP contribution < -0.4 is 0 Å². The van der Waals surface area contributed by atoms with Crippen LogP contribution in [0.2, 0.25) is 0 Å². The molecular weight excluding hydrogens is 353 g/mol. The van der Waals surface area contributed by atoms with Crippen LogP contribution in [0.5, 0.6) is 0 Å². The first-order valence-corrected chi connectivity index (χ1v) is 7.78. The molecule has 0 aromatic heterocycles. The van der Waals surface area contributed by atoms with Crippen molar-refractivity contribution in [2.75, 3.05) is 7.05 Å². The van der Waals surface area contributed by atoms with Crippen molar-refractivity contribution in [2.45, 2.75) is 58.0 Å². The molecule has 6 nitrogen and oxygen atoms in total. The smallest absolute Gasteiger partial charge is 0.265 e. The van der Waals surface area contributed by atoms with Gasteiger partial charge >= 0.3 is 0 Å². The van der Waals surface area contributed by atoms with Crippen LogP contribution in [0, 0.1) is 0 Å². The van der Waals surface area contributed by atoms with Gasteiger partial charge in [0.2, 0.25) is 12.3 Å². The molecule has 0 rings (SSSR count). The Hall–Kier alpha value is -0.560. The van der Waals surface area contributed by atoms with Gasteiger partial charge in [-0.15, -0.1) is 0 Å². The second-order valence-corrected chi connectivity index (χ2v) is 7.10. The normalized spacial score (nSPS) is 14.4. The minimum Gasteiger partial charge on any atom is -0.277 e. The number of imide groups is 1. The lowest BCUT2D eigenvalue weighted by molar-refractivity contribution is -0.142. The number of hydrogen-bond donors (Lipinski definition) is 0. The molecule has 0 spiro atoms. The highest BCUT2D eigenvalue weighted by Gasteiger charge is 2.46. The summed E-state index contributed by atoms with van der Waals surface area (Å²) in [5.74, 6) is -0.956. The van der Waals surface area contributed by atoms with Crippen molar-refractivity contribution in [2.24, 2.45) is 0 Å². The highest BCUT2D eigenvalue weighted by Crippen LogP contribution is 2.34. The maximum absolute atomic E-state index is 12.3. The molecule has 22 heavy (non-hydrogen) atoms. The highest BCUT2D eigenvalue weighted by atomic mass is 35.5. The Labute approximate surface area is 146 Å². The topological polar surface area (TPSA) is 60.9 Å². The third kappa shape index (κ3) is 4.98. The number of hydrogen-bond acceptors (Lipinski definition) is 4. The SMILES string of the molecule is CCCC(=O)N(Cl)C(C)(C)CC(C)(C(=O)N(Cl)C=O)N(C)Cl. The summed E-state index contributed by atoms with van der Waals surface area (Å²) in [4.78, 5) is 35.0. The molecule has 0 radical (unpaired) electrons. The molecule has 3 amide bonds. The first kappa shape index (κ1) is 21.4. The van der Waals surface area contributed by atoms with Crippen molar-refractivity contribution in [3.8, 4) is 0 Å². The van der Waals surface area contributed by atoms with Gasteiger partial charge in [-0.2, -0.15) is 4.42 Å². The Morgan fingerprint density at radius 3 is 2.00 bits per heavy atom. The van der Waals surface area contributed by atoms with E-state index in [1.807, 2.05) is 6.92 Å². The summed E-state index contributed by atoms with van der Waals surface area (Å²) in [6.07, 6.45) is 1.22. The zero-order chi connectivity index (χ0) is 17.7.